The van der Waals surface area contributed by atoms with Crippen LogP contribution in [-0.4, -0.2) is 89.1 Å². The number of amides is 3. The maximum Gasteiger partial charge on any atom is 0.447 e. The maximum atomic E-state index is 12.2. The predicted octanol–water partition coefficient (Wildman–Crippen LogP) is 2.13. The van der Waals surface area contributed by atoms with E-state index in [1.54, 1.807) is 6.92 Å². The fourth-order valence-corrected chi connectivity index (χ4v) is 2.62. The molecular weight excluding hydrogens is 450 g/mol. The van der Waals surface area contributed by atoms with Crippen molar-refractivity contribution in [2.45, 2.75) is 20.3 Å². The van der Waals surface area contributed by atoms with Crippen LogP contribution in [0.15, 0.2) is 15.5 Å². The van der Waals surface area contributed by atoms with Gasteiger partial charge in [0.2, 0.25) is 0 Å². The summed E-state index contributed by atoms with van der Waals surface area (Å²) in [6.07, 6.45) is -1.47. The van der Waals surface area contributed by atoms with E-state index in [2.05, 4.69) is 20.3 Å². The summed E-state index contributed by atoms with van der Waals surface area (Å²) in [5, 5.41) is 19.8. The number of thioether (sulfide) groups is 1. The molecule has 0 aromatic rings. The maximum absolute atomic E-state index is 12.2. The van der Waals surface area contributed by atoms with E-state index in [9.17, 15) is 14.4 Å². The Morgan fingerprint density at radius 2 is 1.52 bits per heavy atom. The quantitative estimate of drug-likeness (QED) is 0.122. The van der Waals surface area contributed by atoms with E-state index in [0.717, 1.165) is 8.61 Å². The van der Waals surface area contributed by atoms with Crippen LogP contribution in [0.25, 0.3) is 0 Å². The summed E-state index contributed by atoms with van der Waals surface area (Å²) in [4.78, 5) is 51.6. The van der Waals surface area contributed by atoms with Crippen LogP contribution in [0.4, 0.5) is 9.59 Å². The zero-order chi connectivity index (χ0) is 24.0. The Balaban J connectivity index is 4.92. The summed E-state index contributed by atoms with van der Waals surface area (Å²) in [5.41, 5.74) is -0.129. The molecule has 31 heavy (non-hydrogen) atoms. The van der Waals surface area contributed by atoms with E-state index in [-0.39, 0.29) is 11.4 Å². The molecule has 0 aromatic heterocycles. The number of carbonyl (C=O) groups excluding carboxylic acids is 3. The van der Waals surface area contributed by atoms with E-state index < -0.39 is 18.1 Å². The summed E-state index contributed by atoms with van der Waals surface area (Å²) < 4.78 is 1.94. The fraction of sp³-hybridized carbons (Fsp3) is 0.562. The number of nitrogens with zero attached hydrogens (tertiary/aromatic N) is 7. The van der Waals surface area contributed by atoms with Crippen molar-refractivity contribution in [1.29, 1.82) is 5.26 Å². The molecule has 0 N–H and O–H groups in total. The summed E-state index contributed by atoms with van der Waals surface area (Å²) in [6.45, 7) is 3.09. The highest BCUT2D eigenvalue weighted by Crippen LogP contribution is 2.15. The third kappa shape index (κ3) is 11.1. The smallest absolute Gasteiger partial charge is 0.399 e. The van der Waals surface area contributed by atoms with Crippen molar-refractivity contribution in [2.24, 2.45) is 15.5 Å². The van der Waals surface area contributed by atoms with Gasteiger partial charge in [0.15, 0.2) is 5.71 Å². The van der Waals surface area contributed by atoms with Gasteiger partial charge in [0.25, 0.3) is 5.91 Å². The first-order valence-electron chi connectivity index (χ1n) is 8.54. The Morgan fingerprint density at radius 1 is 0.968 bits per heavy atom. The number of hydrogen-bond donors (Lipinski definition) is 0. The molecule has 0 aliphatic rings. The topological polar surface area (TPSA) is 149 Å². The van der Waals surface area contributed by atoms with Gasteiger partial charge in [0.1, 0.15) is 17.9 Å². The summed E-state index contributed by atoms with van der Waals surface area (Å²) in [6, 6.07) is 1.99. The Kier molecular flexibility index (Phi) is 13.5. The van der Waals surface area contributed by atoms with Crippen molar-refractivity contribution >= 4 is 58.5 Å². The normalized spacial score (nSPS) is 11.9. The Bertz CT molecular complexity index is 779. The van der Waals surface area contributed by atoms with Crippen LogP contribution in [0.1, 0.15) is 20.3 Å². The first kappa shape index (κ1) is 28.0. The van der Waals surface area contributed by atoms with Gasteiger partial charge >= 0.3 is 12.2 Å². The first-order valence-corrected chi connectivity index (χ1v) is 10.3. The van der Waals surface area contributed by atoms with Gasteiger partial charge in [0.05, 0.1) is 18.2 Å². The van der Waals surface area contributed by atoms with Crippen LogP contribution in [0.3, 0.4) is 0 Å². The Labute approximate surface area is 189 Å². The summed E-state index contributed by atoms with van der Waals surface area (Å²) in [7, 11) is 6.96. The average Bonchev–Trinajstić information content (AvgIpc) is 2.71. The molecule has 0 aliphatic heterocycles. The van der Waals surface area contributed by atoms with E-state index in [1.807, 2.05) is 6.07 Å². The molecule has 3 amide bonds. The molecule has 0 aromatic carbocycles. The van der Waals surface area contributed by atoms with Crippen LogP contribution in [-0.2, 0) is 19.3 Å². The number of oxime groups is 3. The number of carbonyl (C=O) groups is 3. The van der Waals surface area contributed by atoms with Crippen LogP contribution >= 0.6 is 23.9 Å². The van der Waals surface area contributed by atoms with E-state index in [0.29, 0.717) is 29.4 Å². The third-order valence-electron chi connectivity index (χ3n) is 2.93. The minimum Gasteiger partial charge on any atom is -0.399 e. The molecule has 0 saturated carbocycles. The van der Waals surface area contributed by atoms with Crippen LogP contribution < -0.4 is 0 Å². The van der Waals surface area contributed by atoms with Crippen molar-refractivity contribution in [3.05, 3.63) is 0 Å². The largest absolute Gasteiger partial charge is 0.447 e. The molecule has 0 bridgehead atoms. The number of nitriles is 1. The van der Waals surface area contributed by atoms with Gasteiger partial charge in [-0.05, 0) is 13.8 Å². The van der Waals surface area contributed by atoms with E-state index in [4.69, 9.17) is 14.9 Å². The molecule has 13 nitrogen and oxygen atoms in total. The number of hydrogen-bond acceptors (Lipinski definition) is 12. The molecular formula is C16H25N7O6S2. The van der Waals surface area contributed by atoms with Gasteiger partial charge in [-0.2, -0.15) is 5.26 Å². The Hall–Kier alpha value is -2.99. The second kappa shape index (κ2) is 14.9. The zero-order valence-corrected chi connectivity index (χ0v) is 19.9. The zero-order valence-electron chi connectivity index (χ0n) is 18.3. The Morgan fingerprint density at radius 3 is 2.00 bits per heavy atom. The lowest BCUT2D eigenvalue weighted by molar-refractivity contribution is -0.121. The van der Waals surface area contributed by atoms with Crippen molar-refractivity contribution in [1.82, 2.24) is 13.5 Å². The molecule has 0 saturated heterocycles. The van der Waals surface area contributed by atoms with Crippen LogP contribution in [0, 0.1) is 11.3 Å². The monoisotopic (exact) mass is 475 g/mol. The predicted molar refractivity (Wildman–Crippen MR) is 118 cm³/mol. The SMILES string of the molecule is CON=C(C)C(=NOC(=O)N(C)SN(C)C(=O)ON=C(C)SCCC#N)C(=O)N(C)C. The lowest BCUT2D eigenvalue weighted by Gasteiger charge is -2.19. The number of rotatable bonds is 9. The van der Waals surface area contributed by atoms with E-state index in [1.165, 1.54) is 58.9 Å². The second-order valence-corrected chi connectivity index (χ2v) is 8.20. The van der Waals surface area contributed by atoms with Gasteiger partial charge in [-0.3, -0.25) is 14.5 Å². The summed E-state index contributed by atoms with van der Waals surface area (Å²) in [5.74, 6) is -0.0290. The van der Waals surface area contributed by atoms with Gasteiger partial charge in [-0.1, -0.05) is 15.5 Å². The van der Waals surface area contributed by atoms with Crippen LogP contribution in [0.5, 0.6) is 0 Å². The summed E-state index contributed by atoms with van der Waals surface area (Å²) >= 11 is 1.92. The van der Waals surface area contributed by atoms with Gasteiger partial charge in [-0.15, -0.1) is 11.8 Å². The van der Waals surface area contributed by atoms with Crippen molar-refractivity contribution in [3.8, 4) is 6.07 Å². The molecule has 0 aliphatic carbocycles. The van der Waals surface area contributed by atoms with Gasteiger partial charge in [-0.25, -0.2) is 18.2 Å². The second-order valence-electron chi connectivity index (χ2n) is 5.66. The highest BCUT2D eigenvalue weighted by molar-refractivity contribution is 8.13. The van der Waals surface area contributed by atoms with Crippen molar-refractivity contribution < 1.29 is 28.9 Å². The average molecular weight is 476 g/mol. The minimum absolute atomic E-state index is 0.103. The molecule has 0 spiro atoms. The van der Waals surface area contributed by atoms with Gasteiger partial charge < -0.3 is 9.74 Å². The van der Waals surface area contributed by atoms with E-state index >= 15 is 0 Å². The molecule has 0 fully saturated rings. The minimum atomic E-state index is -0.967. The fourth-order valence-electron chi connectivity index (χ4n) is 1.48. The standard InChI is InChI=1S/C16H25N7O6S2/c1-11(18-27-7)13(14(24)21(3)4)20-29-16(26)23(6)31-22(5)15(25)28-19-12(2)30-10-8-9-17/h8,10H2,1-7H3. The first-order chi connectivity index (χ1) is 14.5. The molecule has 0 unspecified atom stereocenters. The van der Waals surface area contributed by atoms with Crippen molar-refractivity contribution in [2.75, 3.05) is 41.1 Å². The highest BCUT2D eigenvalue weighted by Gasteiger charge is 2.22. The molecule has 172 valence electrons. The lowest BCUT2D eigenvalue weighted by Crippen LogP contribution is -2.35. The molecule has 15 heteroatoms. The highest BCUT2D eigenvalue weighted by atomic mass is 32.2. The molecule has 0 radical (unpaired) electrons. The molecule has 0 atom stereocenters. The van der Waals surface area contributed by atoms with Crippen molar-refractivity contribution in [3.63, 3.8) is 0 Å². The molecule has 0 heterocycles. The third-order valence-corrected chi connectivity index (χ3v) is 4.62. The molecule has 0 rings (SSSR count). The lowest BCUT2D eigenvalue weighted by atomic mass is 10.2. The van der Waals surface area contributed by atoms with Gasteiger partial charge in [0, 0.05) is 40.4 Å². The van der Waals surface area contributed by atoms with Crippen LogP contribution in [0.2, 0.25) is 0 Å².